The van der Waals surface area contributed by atoms with E-state index in [0.717, 1.165) is 16.4 Å². The summed E-state index contributed by atoms with van der Waals surface area (Å²) < 4.78 is 5.81. The smallest absolute Gasteiger partial charge is 0.321 e. The summed E-state index contributed by atoms with van der Waals surface area (Å²) in [6.07, 6.45) is 0.468. The third-order valence-electron chi connectivity index (χ3n) is 3.87. The summed E-state index contributed by atoms with van der Waals surface area (Å²) in [4.78, 5) is 13.8. The maximum absolute atomic E-state index is 12.3. The Hall–Kier alpha value is -2.57. The molecule has 2 amide bonds. The van der Waals surface area contributed by atoms with Gasteiger partial charge in [0.2, 0.25) is 0 Å². The van der Waals surface area contributed by atoms with E-state index in [1.54, 1.807) is 6.07 Å². The van der Waals surface area contributed by atoms with Crippen molar-refractivity contribution < 1.29 is 19.4 Å². The molecule has 0 aliphatic heterocycles. The number of benzene rings is 2. The minimum absolute atomic E-state index is 0.000151. The molecule has 0 bridgehead atoms. The van der Waals surface area contributed by atoms with Crippen molar-refractivity contribution in [3.8, 4) is 0 Å². The summed E-state index contributed by atoms with van der Waals surface area (Å²) in [5.74, 6) is 0. The van der Waals surface area contributed by atoms with Gasteiger partial charge in [0, 0.05) is 42.2 Å². The topological polar surface area (TPSA) is 85.9 Å². The van der Waals surface area contributed by atoms with Crippen LogP contribution < -0.4 is 5.32 Å². The van der Waals surface area contributed by atoms with Crippen molar-refractivity contribution >= 4 is 33.7 Å². The van der Waals surface area contributed by atoms with Gasteiger partial charge in [-0.05, 0) is 24.6 Å². The van der Waals surface area contributed by atoms with Crippen LogP contribution >= 0.6 is 0 Å². The molecule has 126 valence electrons. The van der Waals surface area contributed by atoms with E-state index in [1.807, 2.05) is 36.4 Å². The fourth-order valence-corrected chi connectivity index (χ4v) is 2.70. The van der Waals surface area contributed by atoms with E-state index in [1.165, 1.54) is 4.90 Å². The first kappa shape index (κ1) is 16.3. The number of aliphatic hydroxyl groups is 2. The highest BCUT2D eigenvalue weighted by Gasteiger charge is 2.14. The summed E-state index contributed by atoms with van der Waals surface area (Å²) in [6.45, 7) is 0.482. The molecule has 1 heterocycles. The lowest BCUT2D eigenvalue weighted by Gasteiger charge is -2.21. The van der Waals surface area contributed by atoms with Crippen LogP contribution in [0.3, 0.4) is 0 Å². The minimum atomic E-state index is -0.312. The van der Waals surface area contributed by atoms with Gasteiger partial charge >= 0.3 is 6.03 Å². The van der Waals surface area contributed by atoms with Gasteiger partial charge in [0.05, 0.1) is 6.61 Å². The van der Waals surface area contributed by atoms with Crippen LogP contribution in [0.1, 0.15) is 6.42 Å². The number of furan rings is 1. The van der Waals surface area contributed by atoms with E-state index in [0.29, 0.717) is 24.2 Å². The molecule has 6 nitrogen and oxygen atoms in total. The van der Waals surface area contributed by atoms with E-state index in [2.05, 4.69) is 5.32 Å². The van der Waals surface area contributed by atoms with Gasteiger partial charge < -0.3 is 24.8 Å². The van der Waals surface area contributed by atoms with Crippen molar-refractivity contribution in [2.75, 3.05) is 31.6 Å². The van der Waals surface area contributed by atoms with Crippen LogP contribution in [0, 0.1) is 0 Å². The van der Waals surface area contributed by atoms with Crippen LogP contribution in [0.5, 0.6) is 0 Å². The quantitative estimate of drug-likeness (QED) is 0.649. The van der Waals surface area contributed by atoms with Gasteiger partial charge in [-0.15, -0.1) is 0 Å². The predicted molar refractivity (Wildman–Crippen MR) is 93.1 cm³/mol. The molecule has 3 N–H and O–H groups in total. The lowest BCUT2D eigenvalue weighted by Crippen LogP contribution is -2.38. The standard InChI is InChI=1S/C18H20N2O4/c21-10-3-8-20(9-11-22)18(23)19-13-6-7-15-14-4-1-2-5-16(14)24-17(15)12-13/h1-2,4-7,12,21-22H,3,8-11H2,(H,19,23). The fraction of sp³-hybridized carbons (Fsp3) is 0.278. The lowest BCUT2D eigenvalue weighted by atomic mass is 10.1. The van der Waals surface area contributed by atoms with Crippen LogP contribution in [0.15, 0.2) is 46.9 Å². The number of para-hydroxylation sites is 1. The monoisotopic (exact) mass is 328 g/mol. The van der Waals surface area contributed by atoms with Crippen molar-refractivity contribution in [2.45, 2.75) is 6.42 Å². The van der Waals surface area contributed by atoms with Gasteiger partial charge in [-0.1, -0.05) is 18.2 Å². The number of fused-ring (bicyclic) bond motifs is 3. The molecule has 0 radical (unpaired) electrons. The Morgan fingerprint density at radius 2 is 1.79 bits per heavy atom. The first-order chi connectivity index (χ1) is 11.7. The zero-order valence-corrected chi connectivity index (χ0v) is 13.2. The Kier molecular flexibility index (Phi) is 4.98. The number of urea groups is 1. The second-order valence-electron chi connectivity index (χ2n) is 5.53. The number of hydrogen-bond donors (Lipinski definition) is 3. The number of hydrogen-bond acceptors (Lipinski definition) is 4. The molecule has 0 unspecified atom stereocenters. The first-order valence-electron chi connectivity index (χ1n) is 7.92. The van der Waals surface area contributed by atoms with Crippen molar-refractivity contribution in [1.82, 2.24) is 4.90 Å². The highest BCUT2D eigenvalue weighted by Crippen LogP contribution is 2.30. The number of amides is 2. The molecule has 3 rings (SSSR count). The maximum Gasteiger partial charge on any atom is 0.321 e. The number of nitrogens with zero attached hydrogens (tertiary/aromatic N) is 1. The molecular formula is C18H20N2O4. The average molecular weight is 328 g/mol. The zero-order chi connectivity index (χ0) is 16.9. The highest BCUT2D eigenvalue weighted by molar-refractivity contribution is 6.06. The Balaban J connectivity index is 1.81. The maximum atomic E-state index is 12.3. The summed E-state index contributed by atoms with van der Waals surface area (Å²) in [5.41, 5.74) is 2.14. The summed E-state index contributed by atoms with van der Waals surface area (Å²) in [6, 6.07) is 13.0. The molecule has 0 spiro atoms. The van der Waals surface area contributed by atoms with Crippen molar-refractivity contribution in [3.05, 3.63) is 42.5 Å². The Morgan fingerprint density at radius 3 is 2.58 bits per heavy atom. The molecule has 0 aliphatic rings. The van der Waals surface area contributed by atoms with Crippen LogP contribution in [0.4, 0.5) is 10.5 Å². The SMILES string of the molecule is O=C(Nc1ccc2c(c1)oc1ccccc12)N(CCO)CCCO. The number of carbonyl (C=O) groups is 1. The van der Waals surface area contributed by atoms with Gasteiger partial charge in [-0.2, -0.15) is 0 Å². The van der Waals surface area contributed by atoms with Gasteiger partial charge in [0.25, 0.3) is 0 Å². The largest absolute Gasteiger partial charge is 0.456 e. The molecular weight excluding hydrogens is 308 g/mol. The minimum Gasteiger partial charge on any atom is -0.456 e. The van der Waals surface area contributed by atoms with Gasteiger partial charge in [-0.3, -0.25) is 0 Å². The molecule has 2 aromatic carbocycles. The summed E-state index contributed by atoms with van der Waals surface area (Å²) in [5, 5.41) is 22.8. The fourth-order valence-electron chi connectivity index (χ4n) is 2.70. The van der Waals surface area contributed by atoms with Crippen molar-refractivity contribution in [1.29, 1.82) is 0 Å². The third kappa shape index (κ3) is 3.34. The molecule has 0 aliphatic carbocycles. The van der Waals surface area contributed by atoms with Crippen LogP contribution in [-0.2, 0) is 0 Å². The summed E-state index contributed by atoms with van der Waals surface area (Å²) >= 11 is 0. The molecule has 0 atom stereocenters. The van der Waals surface area contributed by atoms with Crippen LogP contribution in [0.2, 0.25) is 0 Å². The van der Waals surface area contributed by atoms with E-state index >= 15 is 0 Å². The number of nitrogens with one attached hydrogen (secondary N) is 1. The second kappa shape index (κ2) is 7.33. The van der Waals surface area contributed by atoms with Gasteiger partial charge in [0.1, 0.15) is 11.2 Å². The molecule has 24 heavy (non-hydrogen) atoms. The van der Waals surface area contributed by atoms with E-state index in [-0.39, 0.29) is 25.8 Å². The highest BCUT2D eigenvalue weighted by atomic mass is 16.3. The van der Waals surface area contributed by atoms with Crippen LogP contribution in [-0.4, -0.2) is 47.4 Å². The average Bonchev–Trinajstić information content (AvgIpc) is 2.96. The number of aliphatic hydroxyl groups excluding tert-OH is 2. The Bertz CT molecular complexity index is 843. The van der Waals surface area contributed by atoms with Crippen molar-refractivity contribution in [2.24, 2.45) is 0 Å². The normalized spacial score (nSPS) is 11.1. The van der Waals surface area contributed by atoms with Gasteiger partial charge in [-0.25, -0.2) is 4.79 Å². The molecule has 0 saturated carbocycles. The molecule has 1 aromatic heterocycles. The van der Waals surface area contributed by atoms with Crippen molar-refractivity contribution in [3.63, 3.8) is 0 Å². The molecule has 0 fully saturated rings. The number of anilines is 1. The molecule has 3 aromatic rings. The lowest BCUT2D eigenvalue weighted by molar-refractivity contribution is 0.180. The van der Waals surface area contributed by atoms with Crippen LogP contribution in [0.25, 0.3) is 21.9 Å². The van der Waals surface area contributed by atoms with E-state index < -0.39 is 0 Å². The first-order valence-corrected chi connectivity index (χ1v) is 7.92. The zero-order valence-electron chi connectivity index (χ0n) is 13.2. The second-order valence-corrected chi connectivity index (χ2v) is 5.53. The van der Waals surface area contributed by atoms with E-state index in [4.69, 9.17) is 14.6 Å². The number of rotatable bonds is 6. The predicted octanol–water partition coefficient (Wildman–Crippen LogP) is 2.79. The Labute approximate surface area is 139 Å². The molecule has 0 saturated heterocycles. The third-order valence-corrected chi connectivity index (χ3v) is 3.87. The van der Waals surface area contributed by atoms with E-state index in [9.17, 15) is 4.79 Å². The number of carbonyl (C=O) groups excluding carboxylic acids is 1. The van der Waals surface area contributed by atoms with Gasteiger partial charge in [0.15, 0.2) is 0 Å². The Morgan fingerprint density at radius 1 is 1.00 bits per heavy atom. The summed E-state index contributed by atoms with van der Waals surface area (Å²) in [7, 11) is 0. The molecule has 6 heteroatoms.